The highest BCUT2D eigenvalue weighted by Gasteiger charge is 2.40. The van der Waals surface area contributed by atoms with E-state index in [4.69, 9.17) is 16.6 Å². The van der Waals surface area contributed by atoms with E-state index < -0.39 is 0 Å². The van der Waals surface area contributed by atoms with Crippen molar-refractivity contribution in [3.05, 3.63) is 40.7 Å². The highest BCUT2D eigenvalue weighted by Crippen LogP contribution is 2.39. The third kappa shape index (κ3) is 3.62. The maximum absolute atomic E-state index is 6.35. The van der Waals surface area contributed by atoms with Crippen LogP contribution in [0.4, 0.5) is 5.69 Å². The van der Waals surface area contributed by atoms with Crippen molar-refractivity contribution in [2.45, 2.75) is 40.5 Å². The summed E-state index contributed by atoms with van der Waals surface area (Å²) in [5.41, 5.74) is 6.95. The lowest BCUT2D eigenvalue weighted by Gasteiger charge is -2.24. The summed E-state index contributed by atoms with van der Waals surface area (Å²) >= 11 is 6.35. The quantitative estimate of drug-likeness (QED) is 0.575. The second-order valence-electron chi connectivity index (χ2n) is 8.14. The Morgan fingerprint density at radius 1 is 1.14 bits per heavy atom. The Bertz CT molecular complexity index is 999. The molecule has 154 valence electrons. The number of nitrogens with zero attached hydrogens (tertiary/aromatic N) is 3. The maximum atomic E-state index is 6.35. The van der Waals surface area contributed by atoms with Crippen LogP contribution in [0.15, 0.2) is 24.4 Å². The number of fused-ring (bicyclic) bond motifs is 1. The van der Waals surface area contributed by atoms with Crippen molar-refractivity contribution in [2.75, 3.05) is 31.1 Å². The molecule has 1 spiro atoms. The van der Waals surface area contributed by atoms with Crippen molar-refractivity contribution in [3.8, 4) is 11.4 Å². The summed E-state index contributed by atoms with van der Waals surface area (Å²) in [7, 11) is 0. The first-order valence-corrected chi connectivity index (χ1v) is 11.0. The number of aromatic amines is 1. The number of hydrogen-bond donors (Lipinski definition) is 2. The van der Waals surface area contributed by atoms with Crippen molar-refractivity contribution >= 4 is 28.3 Å². The van der Waals surface area contributed by atoms with Crippen LogP contribution in [0.5, 0.6) is 0 Å². The number of aryl methyl sites for hydroxylation is 2. The summed E-state index contributed by atoms with van der Waals surface area (Å²) in [6.07, 6.45) is 4.29. The van der Waals surface area contributed by atoms with Crippen LogP contribution >= 0.6 is 11.6 Å². The molecule has 0 radical (unpaired) electrons. The van der Waals surface area contributed by atoms with Crippen LogP contribution in [0.3, 0.4) is 0 Å². The zero-order chi connectivity index (χ0) is 20.6. The van der Waals surface area contributed by atoms with E-state index in [1.165, 1.54) is 24.1 Å². The first-order valence-electron chi connectivity index (χ1n) is 10.6. The number of imidazole rings is 1. The maximum Gasteiger partial charge on any atom is 0.141 e. The molecule has 1 aromatic carbocycles. The third-order valence-electron chi connectivity index (χ3n) is 6.25. The molecular formula is C23H30ClN5. The lowest BCUT2D eigenvalue weighted by Crippen LogP contribution is -2.29. The van der Waals surface area contributed by atoms with Crippen LogP contribution in [-0.2, 0) is 0 Å². The molecule has 2 aromatic heterocycles. The molecule has 0 bridgehead atoms. The van der Waals surface area contributed by atoms with Crippen LogP contribution in [0.1, 0.15) is 37.8 Å². The van der Waals surface area contributed by atoms with Gasteiger partial charge in [0.1, 0.15) is 11.0 Å². The van der Waals surface area contributed by atoms with E-state index in [0.29, 0.717) is 10.6 Å². The number of benzene rings is 1. The topological polar surface area (TPSA) is 56.8 Å². The molecule has 2 N–H and O–H groups in total. The first kappa shape index (κ1) is 20.2. The molecule has 2 fully saturated rings. The summed E-state index contributed by atoms with van der Waals surface area (Å²) < 4.78 is 0. The minimum Gasteiger partial charge on any atom is -0.371 e. The van der Waals surface area contributed by atoms with Gasteiger partial charge in [-0.3, -0.25) is 0 Å². The number of nitrogens with one attached hydrogen (secondary N) is 2. The van der Waals surface area contributed by atoms with Gasteiger partial charge in [-0.1, -0.05) is 25.4 Å². The zero-order valence-electron chi connectivity index (χ0n) is 17.8. The lowest BCUT2D eigenvalue weighted by atomic mass is 9.86. The van der Waals surface area contributed by atoms with Gasteiger partial charge in [-0.2, -0.15) is 0 Å². The van der Waals surface area contributed by atoms with E-state index >= 15 is 0 Å². The van der Waals surface area contributed by atoms with Crippen molar-refractivity contribution in [3.63, 3.8) is 0 Å². The molecule has 2 saturated heterocycles. The summed E-state index contributed by atoms with van der Waals surface area (Å²) in [5.74, 6) is 0.790. The number of rotatable bonds is 2. The van der Waals surface area contributed by atoms with E-state index in [0.717, 1.165) is 54.2 Å². The normalized spacial score (nSPS) is 21.1. The molecular weight excluding hydrogens is 382 g/mol. The van der Waals surface area contributed by atoms with Gasteiger partial charge in [0, 0.05) is 36.9 Å². The molecule has 0 saturated carbocycles. The van der Waals surface area contributed by atoms with E-state index in [1.807, 2.05) is 26.8 Å². The number of pyridine rings is 1. The van der Waals surface area contributed by atoms with Crippen molar-refractivity contribution in [1.82, 2.24) is 20.3 Å². The van der Waals surface area contributed by atoms with Crippen molar-refractivity contribution < 1.29 is 0 Å². The molecule has 4 heterocycles. The van der Waals surface area contributed by atoms with Crippen LogP contribution in [-0.4, -0.2) is 41.1 Å². The van der Waals surface area contributed by atoms with Gasteiger partial charge < -0.3 is 15.2 Å². The average molecular weight is 412 g/mol. The fraction of sp³-hybridized carbons (Fsp3) is 0.478. The Morgan fingerprint density at radius 2 is 1.97 bits per heavy atom. The van der Waals surface area contributed by atoms with Crippen molar-refractivity contribution in [1.29, 1.82) is 0 Å². The van der Waals surface area contributed by atoms with E-state index in [-0.39, 0.29) is 0 Å². The van der Waals surface area contributed by atoms with E-state index in [9.17, 15) is 0 Å². The fourth-order valence-corrected chi connectivity index (χ4v) is 4.98. The molecule has 1 unspecified atom stereocenters. The Kier molecular flexibility index (Phi) is 5.54. The first-order chi connectivity index (χ1) is 14.0. The van der Waals surface area contributed by atoms with Crippen LogP contribution in [0, 0.1) is 19.3 Å². The minimum absolute atomic E-state index is 0.461. The highest BCUT2D eigenvalue weighted by molar-refractivity contribution is 6.32. The summed E-state index contributed by atoms with van der Waals surface area (Å²) in [5, 5.41) is 4.03. The smallest absolute Gasteiger partial charge is 0.141 e. The molecule has 5 nitrogen and oxygen atoms in total. The predicted octanol–water partition coefficient (Wildman–Crippen LogP) is 5.11. The molecule has 1 atom stereocenters. The van der Waals surface area contributed by atoms with Gasteiger partial charge in [0.2, 0.25) is 0 Å². The largest absolute Gasteiger partial charge is 0.371 e. The van der Waals surface area contributed by atoms with Gasteiger partial charge in [0.05, 0.1) is 16.6 Å². The second-order valence-corrected chi connectivity index (χ2v) is 8.49. The molecule has 5 rings (SSSR count). The second kappa shape index (κ2) is 7.96. The van der Waals surface area contributed by atoms with Crippen LogP contribution in [0.25, 0.3) is 22.4 Å². The number of halogens is 1. The molecule has 2 aliphatic rings. The van der Waals surface area contributed by atoms with Gasteiger partial charge in [-0.25, -0.2) is 9.97 Å². The monoisotopic (exact) mass is 411 g/mol. The molecule has 3 aromatic rings. The highest BCUT2D eigenvalue weighted by atomic mass is 35.5. The van der Waals surface area contributed by atoms with E-state index in [1.54, 1.807) is 6.20 Å². The van der Waals surface area contributed by atoms with Gasteiger partial charge in [0.25, 0.3) is 0 Å². The van der Waals surface area contributed by atoms with Gasteiger partial charge in [0.15, 0.2) is 0 Å². The summed E-state index contributed by atoms with van der Waals surface area (Å²) in [6.45, 7) is 12.7. The Hall–Kier alpha value is -2.11. The summed E-state index contributed by atoms with van der Waals surface area (Å²) in [4.78, 5) is 15.1. The Balaban J connectivity index is 0.000000994. The average Bonchev–Trinajstić information content (AvgIpc) is 3.44. The number of hydrogen-bond acceptors (Lipinski definition) is 4. The van der Waals surface area contributed by atoms with E-state index in [2.05, 4.69) is 39.2 Å². The summed E-state index contributed by atoms with van der Waals surface area (Å²) in [6, 6.07) is 6.47. The molecule has 0 amide bonds. The van der Waals surface area contributed by atoms with Gasteiger partial charge in [-0.15, -0.1) is 0 Å². The van der Waals surface area contributed by atoms with Gasteiger partial charge >= 0.3 is 0 Å². The Labute approximate surface area is 177 Å². The standard InChI is InChI=1S/C21H24ClN5.C2H6/c1-13-3-6-24-19(22)17(13)20-25-16-10-15(9-14(2)18(16)26-20)27-8-5-21(12-27)4-7-23-11-21;1-2/h3,6,9-10,23H,4-5,7-8,11-12H2,1-2H3,(H,25,26);1-2H3. The van der Waals surface area contributed by atoms with Gasteiger partial charge in [-0.05, 0) is 62.6 Å². The fourth-order valence-electron chi connectivity index (χ4n) is 4.68. The SMILES string of the molecule is CC.Cc1ccnc(Cl)c1-c1nc2c(C)cc(N3CCC4(CCNC4)C3)cc2[nH]1. The Morgan fingerprint density at radius 3 is 2.69 bits per heavy atom. The molecule has 29 heavy (non-hydrogen) atoms. The number of H-pyrrole nitrogens is 1. The third-order valence-corrected chi connectivity index (χ3v) is 6.53. The van der Waals surface area contributed by atoms with Crippen molar-refractivity contribution in [2.24, 2.45) is 5.41 Å². The zero-order valence-corrected chi connectivity index (χ0v) is 18.5. The number of aromatic nitrogens is 3. The lowest BCUT2D eigenvalue weighted by molar-refractivity contribution is 0.369. The minimum atomic E-state index is 0.461. The number of anilines is 1. The molecule has 0 aliphatic carbocycles. The molecule has 2 aliphatic heterocycles. The molecule has 6 heteroatoms. The predicted molar refractivity (Wildman–Crippen MR) is 122 cm³/mol. The van der Waals surface area contributed by atoms with Crippen LogP contribution in [0.2, 0.25) is 5.15 Å². The van der Waals surface area contributed by atoms with Crippen LogP contribution < -0.4 is 10.2 Å².